The zero-order chi connectivity index (χ0) is 17.8. The summed E-state index contributed by atoms with van der Waals surface area (Å²) in [5.74, 6) is 0.834. The molecular formula is C21H26N4O. The predicted octanol–water partition coefficient (Wildman–Crippen LogP) is 3.52. The number of hydrogen-bond donors (Lipinski definition) is 0. The first-order valence-electron chi connectivity index (χ1n) is 9.72. The van der Waals surface area contributed by atoms with Gasteiger partial charge in [-0.15, -0.1) is 5.10 Å². The monoisotopic (exact) mass is 350 g/mol. The fraction of sp³-hybridized carbons (Fsp3) is 0.476. The van der Waals surface area contributed by atoms with Crippen molar-refractivity contribution in [3.63, 3.8) is 0 Å². The minimum Gasteiger partial charge on any atom is -0.336 e. The number of likely N-dealkylation sites (tertiary alicyclic amines) is 1. The van der Waals surface area contributed by atoms with Crippen LogP contribution in [0.1, 0.15) is 49.8 Å². The number of rotatable bonds is 4. The molecule has 26 heavy (non-hydrogen) atoms. The Hall–Kier alpha value is -2.43. The minimum absolute atomic E-state index is 0.124. The Morgan fingerprint density at radius 2 is 1.92 bits per heavy atom. The Bertz CT molecular complexity index is 765. The van der Waals surface area contributed by atoms with E-state index in [9.17, 15) is 4.79 Å². The molecular weight excluding hydrogens is 324 g/mol. The van der Waals surface area contributed by atoms with Crippen molar-refractivity contribution in [2.24, 2.45) is 5.92 Å². The highest BCUT2D eigenvalue weighted by Crippen LogP contribution is 2.35. The number of aromatic nitrogens is 3. The zero-order valence-electron chi connectivity index (χ0n) is 15.1. The molecule has 1 saturated heterocycles. The van der Waals surface area contributed by atoms with Crippen LogP contribution in [0.25, 0.3) is 6.08 Å². The van der Waals surface area contributed by atoms with Crippen molar-refractivity contribution in [2.75, 3.05) is 6.54 Å². The summed E-state index contributed by atoms with van der Waals surface area (Å²) in [6, 6.07) is 10.6. The Labute approximate surface area is 154 Å². The lowest BCUT2D eigenvalue weighted by Crippen LogP contribution is -2.49. The summed E-state index contributed by atoms with van der Waals surface area (Å²) in [5, 5.41) is 8.32. The van der Waals surface area contributed by atoms with Gasteiger partial charge in [0, 0.05) is 18.7 Å². The van der Waals surface area contributed by atoms with Crippen molar-refractivity contribution in [3.8, 4) is 0 Å². The van der Waals surface area contributed by atoms with Gasteiger partial charge in [-0.1, -0.05) is 48.4 Å². The van der Waals surface area contributed by atoms with Crippen molar-refractivity contribution >= 4 is 12.0 Å². The summed E-state index contributed by atoms with van der Waals surface area (Å²) in [6.07, 6.45) is 12.8. The van der Waals surface area contributed by atoms with Crippen LogP contribution in [0.3, 0.4) is 0 Å². The second kappa shape index (κ2) is 7.85. The third-order valence-electron chi connectivity index (χ3n) is 5.67. The molecule has 4 rings (SSSR count). The second-order valence-corrected chi connectivity index (χ2v) is 7.45. The van der Waals surface area contributed by atoms with Crippen molar-refractivity contribution in [3.05, 3.63) is 53.9 Å². The maximum absolute atomic E-state index is 12.7. The van der Waals surface area contributed by atoms with Crippen LogP contribution >= 0.6 is 0 Å². The summed E-state index contributed by atoms with van der Waals surface area (Å²) < 4.78 is 1.80. The number of nitrogens with zero attached hydrogens (tertiary/aromatic N) is 4. The summed E-state index contributed by atoms with van der Waals surface area (Å²) in [5.41, 5.74) is 1.91. The zero-order valence-corrected chi connectivity index (χ0v) is 15.1. The highest BCUT2D eigenvalue weighted by molar-refractivity contribution is 5.91. The summed E-state index contributed by atoms with van der Waals surface area (Å²) in [6.45, 7) is 1.58. The van der Waals surface area contributed by atoms with Crippen LogP contribution in [-0.2, 0) is 11.3 Å². The van der Waals surface area contributed by atoms with Crippen molar-refractivity contribution < 1.29 is 4.79 Å². The first kappa shape index (κ1) is 17.0. The molecule has 0 N–H and O–H groups in total. The highest BCUT2D eigenvalue weighted by atomic mass is 16.2. The van der Waals surface area contributed by atoms with E-state index in [0.717, 1.165) is 25.1 Å². The molecule has 1 aliphatic carbocycles. The van der Waals surface area contributed by atoms with Gasteiger partial charge in [-0.05, 0) is 43.2 Å². The topological polar surface area (TPSA) is 51.0 Å². The molecule has 1 amide bonds. The largest absolute Gasteiger partial charge is 0.336 e. The number of hydrogen-bond acceptors (Lipinski definition) is 3. The van der Waals surface area contributed by atoms with Gasteiger partial charge in [0.05, 0.1) is 12.7 Å². The quantitative estimate of drug-likeness (QED) is 0.793. The summed E-state index contributed by atoms with van der Waals surface area (Å²) in [7, 11) is 0. The molecule has 2 unspecified atom stereocenters. The first-order valence-corrected chi connectivity index (χ1v) is 9.72. The van der Waals surface area contributed by atoms with Gasteiger partial charge in [-0.2, -0.15) is 0 Å². The number of carbonyl (C=O) groups is 1. The van der Waals surface area contributed by atoms with Crippen LogP contribution < -0.4 is 0 Å². The first-order chi connectivity index (χ1) is 12.8. The molecule has 1 saturated carbocycles. The third-order valence-corrected chi connectivity index (χ3v) is 5.67. The molecule has 0 radical (unpaired) electrons. The molecule has 0 spiro atoms. The maximum Gasteiger partial charge on any atom is 0.246 e. The number of fused-ring (bicyclic) bond motifs is 1. The normalized spacial score (nSPS) is 23.2. The Kier molecular flexibility index (Phi) is 5.14. The van der Waals surface area contributed by atoms with Crippen molar-refractivity contribution in [1.29, 1.82) is 0 Å². The van der Waals surface area contributed by atoms with Gasteiger partial charge >= 0.3 is 0 Å². The third kappa shape index (κ3) is 3.87. The second-order valence-electron chi connectivity index (χ2n) is 7.45. The van der Waals surface area contributed by atoms with E-state index in [0.29, 0.717) is 18.5 Å². The molecule has 2 atom stereocenters. The average molecular weight is 350 g/mol. The van der Waals surface area contributed by atoms with Gasteiger partial charge in [0.1, 0.15) is 5.69 Å². The predicted molar refractivity (Wildman–Crippen MR) is 101 cm³/mol. The molecule has 2 fully saturated rings. The standard InChI is InChI=1S/C21H26N4O/c26-21(25-14-6-10-18-9-4-5-11-20(18)25)13-12-19-16-24(23-22-19)15-17-7-2-1-3-8-17/h1-3,7-8,12-13,16,18,20H,4-6,9-11,14-15H2/b13-12+. The highest BCUT2D eigenvalue weighted by Gasteiger charge is 2.34. The van der Waals surface area contributed by atoms with Crippen molar-refractivity contribution in [1.82, 2.24) is 19.9 Å². The molecule has 2 aromatic rings. The van der Waals surface area contributed by atoms with E-state index in [2.05, 4.69) is 27.3 Å². The van der Waals surface area contributed by atoms with Gasteiger partial charge < -0.3 is 4.90 Å². The van der Waals surface area contributed by atoms with Crippen LogP contribution in [0.15, 0.2) is 42.6 Å². The molecule has 0 bridgehead atoms. The number of benzene rings is 1. The fourth-order valence-electron chi connectivity index (χ4n) is 4.39. The van der Waals surface area contributed by atoms with E-state index < -0.39 is 0 Å². The van der Waals surface area contributed by atoms with Crippen LogP contribution in [0.2, 0.25) is 0 Å². The average Bonchev–Trinajstić information content (AvgIpc) is 3.14. The Morgan fingerprint density at radius 1 is 1.12 bits per heavy atom. The van der Waals surface area contributed by atoms with Crippen LogP contribution in [0, 0.1) is 5.92 Å². The summed E-state index contributed by atoms with van der Waals surface area (Å²) >= 11 is 0. The smallest absolute Gasteiger partial charge is 0.246 e. The van der Waals surface area contributed by atoms with Gasteiger partial charge in [0.2, 0.25) is 5.91 Å². The molecule has 5 heteroatoms. The van der Waals surface area contributed by atoms with Gasteiger partial charge in [-0.3, -0.25) is 4.79 Å². The van der Waals surface area contributed by atoms with Crippen LogP contribution in [-0.4, -0.2) is 38.4 Å². The lowest BCUT2D eigenvalue weighted by molar-refractivity contribution is -0.132. The maximum atomic E-state index is 12.7. The van der Waals surface area contributed by atoms with Gasteiger partial charge in [0.15, 0.2) is 0 Å². The number of amides is 1. The lowest BCUT2D eigenvalue weighted by Gasteiger charge is -2.43. The molecule has 1 aromatic carbocycles. The molecule has 136 valence electrons. The lowest BCUT2D eigenvalue weighted by atomic mass is 9.78. The molecule has 2 heterocycles. The van der Waals surface area contributed by atoms with Crippen LogP contribution in [0.5, 0.6) is 0 Å². The van der Waals surface area contributed by atoms with Crippen molar-refractivity contribution in [2.45, 2.75) is 51.1 Å². The van der Waals surface area contributed by atoms with E-state index >= 15 is 0 Å². The molecule has 1 aromatic heterocycles. The van der Waals surface area contributed by atoms with Gasteiger partial charge in [-0.25, -0.2) is 4.68 Å². The van der Waals surface area contributed by atoms with Crippen LogP contribution in [0.4, 0.5) is 0 Å². The van der Waals surface area contributed by atoms with Gasteiger partial charge in [0.25, 0.3) is 0 Å². The fourth-order valence-corrected chi connectivity index (χ4v) is 4.39. The van der Waals surface area contributed by atoms with E-state index in [1.807, 2.05) is 24.4 Å². The molecule has 1 aliphatic heterocycles. The van der Waals surface area contributed by atoms with E-state index in [4.69, 9.17) is 0 Å². The number of carbonyl (C=O) groups excluding carboxylic acids is 1. The van der Waals surface area contributed by atoms with E-state index in [-0.39, 0.29) is 5.91 Å². The number of piperidine rings is 1. The Morgan fingerprint density at radius 3 is 2.81 bits per heavy atom. The summed E-state index contributed by atoms with van der Waals surface area (Å²) in [4.78, 5) is 14.8. The molecule has 5 nitrogen and oxygen atoms in total. The minimum atomic E-state index is 0.124. The molecule has 2 aliphatic rings. The Balaban J connectivity index is 1.39. The van der Waals surface area contributed by atoms with E-state index in [1.54, 1.807) is 16.8 Å². The van der Waals surface area contributed by atoms with E-state index in [1.165, 1.54) is 31.2 Å². The SMILES string of the molecule is O=C(/C=C/c1cn(Cc2ccccc2)nn1)N1CCCC2CCCCC21.